The van der Waals surface area contributed by atoms with Crippen LogP contribution in [0.2, 0.25) is 0 Å². The molecule has 0 unspecified atom stereocenters. The van der Waals surface area contributed by atoms with E-state index in [1.54, 1.807) is 6.07 Å². The van der Waals surface area contributed by atoms with Gasteiger partial charge in [-0.1, -0.05) is 0 Å². The first kappa shape index (κ1) is 8.83. The first-order valence-corrected chi connectivity index (χ1v) is 0.982. The van der Waals surface area contributed by atoms with Gasteiger partial charge in [-0.3, -0.25) is 0 Å². The van der Waals surface area contributed by atoms with Crippen LogP contribution in [0.4, 0.5) is 0 Å². The Labute approximate surface area is 30.6 Å². The monoisotopic (exact) mass is 74.0 g/mol. The Morgan fingerprint density at radius 2 is 1.80 bits per heavy atom. The maximum atomic E-state index is 7.32. The van der Waals surface area contributed by atoms with Crippen LogP contribution in [-0.2, 0) is 0 Å². The van der Waals surface area contributed by atoms with E-state index in [1.807, 2.05) is 0 Å². The molecule has 0 rings (SSSR count). The van der Waals surface area contributed by atoms with Crippen LogP contribution in [-0.4, -0.2) is 5.21 Å². The highest BCUT2D eigenvalue weighted by molar-refractivity contribution is 4.51. The number of nitriles is 1. The molecule has 0 heterocycles. The summed E-state index contributed by atoms with van der Waals surface area (Å²) >= 11 is 0. The Kier molecular flexibility index (Phi) is 208. The summed E-state index contributed by atoms with van der Waals surface area (Å²) in [6.07, 6.45) is 0. The van der Waals surface area contributed by atoms with E-state index >= 15 is 0 Å². The highest BCUT2D eigenvalue weighted by atomic mass is 16.4. The average molecular weight is 74.1 g/mol. The zero-order valence-corrected chi connectivity index (χ0v) is 2.97. The quantitative estimate of drug-likeness (QED) is 0.393. The van der Waals surface area contributed by atoms with Gasteiger partial charge in [0.1, 0.15) is 0 Å². The van der Waals surface area contributed by atoms with E-state index in [-0.39, 0.29) is 0 Å². The predicted octanol–water partition coefficient (Wildman–Crippen LogP) is -0.136. The van der Waals surface area contributed by atoms with Crippen LogP contribution in [0, 0.1) is 11.3 Å². The van der Waals surface area contributed by atoms with E-state index in [2.05, 4.69) is 5.90 Å². The van der Waals surface area contributed by atoms with Gasteiger partial charge in [0.2, 0.25) is 0 Å². The summed E-state index contributed by atoms with van der Waals surface area (Å²) in [7, 11) is 0. The summed E-state index contributed by atoms with van der Waals surface area (Å²) in [5.41, 5.74) is 0. The van der Waals surface area contributed by atoms with Crippen LogP contribution < -0.4 is 5.90 Å². The fourth-order valence-corrected chi connectivity index (χ4v) is 0. The van der Waals surface area contributed by atoms with Gasteiger partial charge in [0.05, 0.1) is 6.07 Å². The smallest absolute Gasteiger partial charge is 0.0587 e. The fourth-order valence-electron chi connectivity index (χ4n) is 0. The summed E-state index contributed by atoms with van der Waals surface area (Å²) in [6, 6.07) is 1.75. The van der Waals surface area contributed by atoms with Gasteiger partial charge in [-0.25, -0.2) is 5.90 Å². The molecule has 5 heavy (non-hydrogen) atoms. The van der Waals surface area contributed by atoms with Crippen molar-refractivity contribution in [2.75, 3.05) is 0 Å². The molecule has 0 atom stereocenters. The molecule has 3 N–H and O–H groups in total. The van der Waals surface area contributed by atoms with Crippen LogP contribution >= 0.6 is 0 Å². The maximum absolute atomic E-state index is 7.32. The Morgan fingerprint density at radius 3 is 1.80 bits per heavy atom. The van der Waals surface area contributed by atoms with Crippen molar-refractivity contribution in [2.24, 2.45) is 5.90 Å². The lowest BCUT2D eigenvalue weighted by molar-refractivity contribution is 0.311. The molecular formula is C2H6N2O. The predicted molar refractivity (Wildman–Crippen MR) is 17.3 cm³/mol. The molecule has 3 heteroatoms. The van der Waals surface area contributed by atoms with Gasteiger partial charge in [-0.2, -0.15) is 5.26 Å². The number of hydrogen-bond donors (Lipinski definition) is 2. The fraction of sp³-hybridized carbons (Fsp3) is 0.500. The molecule has 0 aliphatic carbocycles. The molecular weight excluding hydrogens is 68.0 g/mol. The second kappa shape index (κ2) is 118. The Bertz CT molecular complexity index is 29.1. The van der Waals surface area contributed by atoms with Gasteiger partial charge >= 0.3 is 0 Å². The molecule has 0 aromatic heterocycles. The van der Waals surface area contributed by atoms with Crippen molar-refractivity contribution in [1.82, 2.24) is 0 Å². The van der Waals surface area contributed by atoms with E-state index in [1.165, 1.54) is 6.92 Å². The lowest BCUT2D eigenvalue weighted by Gasteiger charge is -1.27. The van der Waals surface area contributed by atoms with Gasteiger partial charge in [-0.05, 0) is 0 Å². The van der Waals surface area contributed by atoms with Gasteiger partial charge < -0.3 is 5.21 Å². The lowest BCUT2D eigenvalue weighted by atomic mass is 11.0. The molecule has 0 aliphatic heterocycles. The van der Waals surface area contributed by atoms with E-state index < -0.39 is 0 Å². The summed E-state index contributed by atoms with van der Waals surface area (Å²) in [5.74, 6) is 3.50. The number of rotatable bonds is 0. The molecule has 0 saturated heterocycles. The third-order valence-electron chi connectivity index (χ3n) is 0. The first-order chi connectivity index (χ1) is 2.41. The van der Waals surface area contributed by atoms with Gasteiger partial charge in [0, 0.05) is 6.92 Å². The summed E-state index contributed by atoms with van der Waals surface area (Å²) in [6.45, 7) is 1.43. The topological polar surface area (TPSA) is 70.0 Å². The maximum Gasteiger partial charge on any atom is 0.0587 e. The van der Waals surface area contributed by atoms with Crippen molar-refractivity contribution in [1.29, 1.82) is 5.26 Å². The van der Waals surface area contributed by atoms with Gasteiger partial charge in [0.25, 0.3) is 0 Å². The summed E-state index contributed by atoms with van der Waals surface area (Å²) in [4.78, 5) is 0. The second-order valence-electron chi connectivity index (χ2n) is 0.224. The summed E-state index contributed by atoms with van der Waals surface area (Å²) in [5, 5.41) is 13.8. The number of nitrogens with two attached hydrogens (primary N) is 1. The molecule has 3 nitrogen and oxygen atoms in total. The van der Waals surface area contributed by atoms with Gasteiger partial charge in [-0.15, -0.1) is 0 Å². The largest absolute Gasteiger partial charge is 0.320 e. The van der Waals surface area contributed by atoms with Crippen LogP contribution in [0.3, 0.4) is 0 Å². The Morgan fingerprint density at radius 1 is 1.80 bits per heavy atom. The highest BCUT2D eigenvalue weighted by Crippen LogP contribution is 1.21. The van der Waals surface area contributed by atoms with Crippen molar-refractivity contribution in [2.45, 2.75) is 6.92 Å². The summed E-state index contributed by atoms with van der Waals surface area (Å²) < 4.78 is 0. The molecule has 0 radical (unpaired) electrons. The molecule has 0 aromatic rings. The first-order valence-electron chi connectivity index (χ1n) is 0.982. The van der Waals surface area contributed by atoms with Crippen LogP contribution in [0.15, 0.2) is 0 Å². The third kappa shape index (κ3) is 19.5. The number of nitrogens with zero attached hydrogens (tertiary/aromatic N) is 1. The van der Waals surface area contributed by atoms with Crippen molar-refractivity contribution in [3.05, 3.63) is 0 Å². The van der Waals surface area contributed by atoms with Crippen molar-refractivity contribution in [3.63, 3.8) is 0 Å². The lowest BCUT2D eigenvalue weighted by Crippen LogP contribution is -1.72. The Balaban J connectivity index is 0. The van der Waals surface area contributed by atoms with Crippen molar-refractivity contribution in [3.8, 4) is 6.07 Å². The molecule has 0 amide bonds. The molecule has 0 saturated carbocycles. The van der Waals surface area contributed by atoms with E-state index in [0.29, 0.717) is 0 Å². The molecule has 30 valence electrons. The van der Waals surface area contributed by atoms with Crippen molar-refractivity contribution >= 4 is 0 Å². The second-order valence-corrected chi connectivity index (χ2v) is 0.224. The molecule has 0 aliphatic rings. The molecule has 0 spiro atoms. The minimum atomic E-state index is 1.43. The van der Waals surface area contributed by atoms with E-state index in [0.717, 1.165) is 0 Å². The molecule has 0 fully saturated rings. The van der Waals surface area contributed by atoms with Crippen LogP contribution in [0.25, 0.3) is 0 Å². The zero-order valence-electron chi connectivity index (χ0n) is 2.97. The van der Waals surface area contributed by atoms with E-state index in [4.69, 9.17) is 10.5 Å². The normalized spacial score (nSPS) is 2.80. The van der Waals surface area contributed by atoms with Gasteiger partial charge in [0.15, 0.2) is 0 Å². The van der Waals surface area contributed by atoms with Crippen LogP contribution in [0.1, 0.15) is 6.92 Å². The van der Waals surface area contributed by atoms with Crippen LogP contribution in [0.5, 0.6) is 0 Å². The third-order valence-corrected chi connectivity index (χ3v) is 0. The molecule has 0 aromatic carbocycles. The van der Waals surface area contributed by atoms with Crippen molar-refractivity contribution < 1.29 is 5.21 Å². The highest BCUT2D eigenvalue weighted by Gasteiger charge is 1.17. The zero-order chi connectivity index (χ0) is 4.71. The minimum Gasteiger partial charge on any atom is -0.320 e. The number of hydrogen-bond acceptors (Lipinski definition) is 3. The minimum absolute atomic E-state index is 1.43. The average Bonchev–Trinajstić information content (AvgIpc) is 1.46. The molecule has 0 bridgehead atoms. The Hall–Kier alpha value is -0.590. The van der Waals surface area contributed by atoms with E-state index in [9.17, 15) is 0 Å². The standard InChI is InChI=1S/C2H3N.H3NO/c1-2-3;1-2/h1H3;2H,1H2. The SMILES string of the molecule is CC#N.NO.